The Morgan fingerprint density at radius 2 is 1.34 bits per heavy atom. The fourth-order valence-corrected chi connectivity index (χ4v) is 2.78. The molecular weight excluding hydrogens is 418 g/mol. The normalized spacial score (nSPS) is 9.91. The number of nitrogens with one attached hydrogen (secondary N) is 2. The van der Waals surface area contributed by atoms with Crippen molar-refractivity contribution in [2.24, 2.45) is 0 Å². The summed E-state index contributed by atoms with van der Waals surface area (Å²) in [7, 11) is 1.32. The highest BCUT2D eigenvalue weighted by Gasteiger charge is 2.18. The van der Waals surface area contributed by atoms with E-state index in [4.69, 9.17) is 15.3 Å². The Morgan fingerprint density at radius 3 is 1.81 bits per heavy atom. The maximum absolute atomic E-state index is 14.1. The number of hydrogen-bond acceptors (Lipinski definition) is 5. The molecule has 3 aromatic carbocycles. The molecule has 0 aliphatic rings. The molecule has 0 saturated carbocycles. The molecular formula is C23H14F2N4O3. The predicted octanol–water partition coefficient (Wildman–Crippen LogP) is 4.22. The van der Waals surface area contributed by atoms with Gasteiger partial charge in [-0.05, 0) is 54.6 Å². The summed E-state index contributed by atoms with van der Waals surface area (Å²) in [6, 6.07) is 14.7. The maximum Gasteiger partial charge on any atom is 0.259 e. The lowest BCUT2D eigenvalue weighted by atomic mass is 10.1. The maximum atomic E-state index is 14.1. The number of carbonyl (C=O) groups is 2. The van der Waals surface area contributed by atoms with Gasteiger partial charge in [0.1, 0.15) is 17.4 Å². The number of anilines is 2. The van der Waals surface area contributed by atoms with Crippen molar-refractivity contribution in [3.8, 4) is 17.9 Å². The molecule has 3 aromatic rings. The predicted molar refractivity (Wildman–Crippen MR) is 111 cm³/mol. The molecule has 0 saturated heterocycles. The first-order valence-corrected chi connectivity index (χ1v) is 9.06. The SMILES string of the molecule is COc1ccc(C(=O)Nc2ccc(C#N)cc2F)cc1C(=O)Nc1ccc(C#N)cc1F. The molecule has 0 aromatic heterocycles. The Bertz CT molecular complexity index is 1310. The van der Waals surface area contributed by atoms with Crippen molar-refractivity contribution in [3.63, 3.8) is 0 Å². The van der Waals surface area contributed by atoms with Crippen LogP contribution < -0.4 is 15.4 Å². The van der Waals surface area contributed by atoms with Crippen molar-refractivity contribution in [1.29, 1.82) is 10.5 Å². The highest BCUT2D eigenvalue weighted by molar-refractivity contribution is 6.10. The first-order chi connectivity index (χ1) is 15.4. The molecule has 0 bridgehead atoms. The quantitative estimate of drug-likeness (QED) is 0.626. The number of amides is 2. The van der Waals surface area contributed by atoms with E-state index < -0.39 is 23.4 Å². The first-order valence-electron chi connectivity index (χ1n) is 9.06. The Morgan fingerprint density at radius 1 is 0.812 bits per heavy atom. The van der Waals surface area contributed by atoms with E-state index in [-0.39, 0.29) is 39.4 Å². The largest absolute Gasteiger partial charge is 0.496 e. The molecule has 0 aliphatic carbocycles. The molecule has 2 N–H and O–H groups in total. The van der Waals surface area contributed by atoms with Gasteiger partial charge in [0, 0.05) is 5.56 Å². The lowest BCUT2D eigenvalue weighted by Gasteiger charge is -2.12. The van der Waals surface area contributed by atoms with E-state index in [1.165, 1.54) is 49.6 Å². The zero-order valence-electron chi connectivity index (χ0n) is 16.6. The van der Waals surface area contributed by atoms with Crippen molar-refractivity contribution in [2.45, 2.75) is 0 Å². The molecule has 158 valence electrons. The second-order valence-corrected chi connectivity index (χ2v) is 6.44. The van der Waals surface area contributed by atoms with Crippen LogP contribution in [0.5, 0.6) is 5.75 Å². The average Bonchev–Trinajstić information content (AvgIpc) is 2.80. The Balaban J connectivity index is 1.86. The molecule has 0 heterocycles. The van der Waals surface area contributed by atoms with E-state index in [1.807, 2.05) is 0 Å². The summed E-state index contributed by atoms with van der Waals surface area (Å²) >= 11 is 0. The van der Waals surface area contributed by atoms with Crippen LogP contribution in [0.1, 0.15) is 31.8 Å². The van der Waals surface area contributed by atoms with Gasteiger partial charge in [0.25, 0.3) is 11.8 Å². The number of methoxy groups -OCH3 is 1. The lowest BCUT2D eigenvalue weighted by Crippen LogP contribution is -2.17. The number of hydrogen-bond donors (Lipinski definition) is 2. The molecule has 0 atom stereocenters. The average molecular weight is 432 g/mol. The smallest absolute Gasteiger partial charge is 0.259 e. The molecule has 32 heavy (non-hydrogen) atoms. The molecule has 0 radical (unpaired) electrons. The summed E-state index contributed by atoms with van der Waals surface area (Å²) in [5.41, 5.74) is -0.170. The molecule has 9 heteroatoms. The summed E-state index contributed by atoms with van der Waals surface area (Å²) in [6.07, 6.45) is 0. The van der Waals surface area contributed by atoms with Gasteiger partial charge >= 0.3 is 0 Å². The number of ether oxygens (including phenoxy) is 1. The fraction of sp³-hybridized carbons (Fsp3) is 0.0435. The standard InChI is InChI=1S/C23H14F2N4O3/c1-32-21-7-4-15(22(30)28-19-5-2-13(11-26)8-17(19)24)10-16(21)23(31)29-20-6-3-14(12-27)9-18(20)25/h2-10H,1H3,(H,28,30)(H,29,31). The minimum Gasteiger partial charge on any atom is -0.496 e. The summed E-state index contributed by atoms with van der Waals surface area (Å²) < 4.78 is 33.3. The van der Waals surface area contributed by atoms with Gasteiger partial charge in [0.15, 0.2) is 0 Å². The summed E-state index contributed by atoms with van der Waals surface area (Å²) in [5.74, 6) is -2.95. The topological polar surface area (TPSA) is 115 Å². The van der Waals surface area contributed by atoms with Gasteiger partial charge in [-0.25, -0.2) is 8.78 Å². The summed E-state index contributed by atoms with van der Waals surface area (Å²) in [4.78, 5) is 25.3. The van der Waals surface area contributed by atoms with Crippen LogP contribution >= 0.6 is 0 Å². The molecule has 0 spiro atoms. The second-order valence-electron chi connectivity index (χ2n) is 6.44. The Kier molecular flexibility index (Phi) is 6.42. The molecule has 2 amide bonds. The molecule has 0 aliphatic heterocycles. The van der Waals surface area contributed by atoms with Crippen LogP contribution in [0.2, 0.25) is 0 Å². The van der Waals surface area contributed by atoms with Crippen LogP contribution in [0.3, 0.4) is 0 Å². The van der Waals surface area contributed by atoms with E-state index in [0.29, 0.717) is 0 Å². The van der Waals surface area contributed by atoms with Crippen LogP contribution in [-0.2, 0) is 0 Å². The van der Waals surface area contributed by atoms with Gasteiger partial charge in [-0.2, -0.15) is 10.5 Å². The minimum atomic E-state index is -0.804. The van der Waals surface area contributed by atoms with Gasteiger partial charge in [0.05, 0.1) is 47.3 Å². The molecule has 0 fully saturated rings. The third kappa shape index (κ3) is 4.69. The third-order valence-electron chi connectivity index (χ3n) is 4.40. The number of benzene rings is 3. The molecule has 7 nitrogen and oxygen atoms in total. The van der Waals surface area contributed by atoms with Gasteiger partial charge < -0.3 is 15.4 Å². The van der Waals surface area contributed by atoms with Crippen LogP contribution in [0, 0.1) is 34.3 Å². The number of nitriles is 2. The number of halogens is 2. The zero-order valence-corrected chi connectivity index (χ0v) is 16.6. The van der Waals surface area contributed by atoms with E-state index in [0.717, 1.165) is 12.1 Å². The highest BCUT2D eigenvalue weighted by atomic mass is 19.1. The van der Waals surface area contributed by atoms with E-state index in [9.17, 15) is 18.4 Å². The first kappa shape index (κ1) is 21.9. The van der Waals surface area contributed by atoms with Gasteiger partial charge in [-0.1, -0.05) is 0 Å². The fourth-order valence-electron chi connectivity index (χ4n) is 2.78. The third-order valence-corrected chi connectivity index (χ3v) is 4.40. The van der Waals surface area contributed by atoms with E-state index in [2.05, 4.69) is 10.6 Å². The molecule has 0 unspecified atom stereocenters. The summed E-state index contributed by atoms with van der Waals surface area (Å²) in [6.45, 7) is 0. The zero-order chi connectivity index (χ0) is 23.3. The van der Waals surface area contributed by atoms with Crippen LogP contribution in [-0.4, -0.2) is 18.9 Å². The number of rotatable bonds is 5. The van der Waals surface area contributed by atoms with Crippen LogP contribution in [0.15, 0.2) is 54.6 Å². The highest BCUT2D eigenvalue weighted by Crippen LogP contribution is 2.24. The van der Waals surface area contributed by atoms with Crippen molar-refractivity contribution in [1.82, 2.24) is 0 Å². The summed E-state index contributed by atoms with van der Waals surface area (Å²) in [5, 5.41) is 22.3. The van der Waals surface area contributed by atoms with Crippen molar-refractivity contribution < 1.29 is 23.1 Å². The number of carbonyl (C=O) groups excluding carboxylic acids is 2. The Hall–Kier alpha value is -4.76. The number of nitrogens with zero attached hydrogens (tertiary/aromatic N) is 2. The Labute approximate surface area is 181 Å². The van der Waals surface area contributed by atoms with Gasteiger partial charge in [-0.15, -0.1) is 0 Å². The van der Waals surface area contributed by atoms with E-state index >= 15 is 0 Å². The lowest BCUT2D eigenvalue weighted by molar-refractivity contribution is 0.102. The van der Waals surface area contributed by atoms with Crippen LogP contribution in [0.4, 0.5) is 20.2 Å². The van der Waals surface area contributed by atoms with Crippen LogP contribution in [0.25, 0.3) is 0 Å². The van der Waals surface area contributed by atoms with Crippen molar-refractivity contribution in [3.05, 3.63) is 88.5 Å². The van der Waals surface area contributed by atoms with Gasteiger partial charge in [-0.3, -0.25) is 9.59 Å². The van der Waals surface area contributed by atoms with Crippen molar-refractivity contribution >= 4 is 23.2 Å². The van der Waals surface area contributed by atoms with E-state index in [1.54, 1.807) is 12.1 Å². The second kappa shape index (κ2) is 9.37. The molecule has 3 rings (SSSR count). The minimum absolute atomic E-state index is 0.0139. The van der Waals surface area contributed by atoms with Gasteiger partial charge in [0.2, 0.25) is 0 Å². The van der Waals surface area contributed by atoms with Crippen molar-refractivity contribution in [2.75, 3.05) is 17.7 Å². The monoisotopic (exact) mass is 432 g/mol.